The van der Waals surface area contributed by atoms with Crippen LogP contribution in [0.1, 0.15) is 26.5 Å². The van der Waals surface area contributed by atoms with Gasteiger partial charge in [0.15, 0.2) is 0 Å². The van der Waals surface area contributed by atoms with Gasteiger partial charge >= 0.3 is 0 Å². The number of thiophene rings is 1. The molecular formula is C20H16FN3O2S. The van der Waals surface area contributed by atoms with Crippen LogP contribution < -0.4 is 11.1 Å². The van der Waals surface area contributed by atoms with Gasteiger partial charge in [0.1, 0.15) is 11.5 Å². The van der Waals surface area contributed by atoms with Crippen LogP contribution in [0.5, 0.6) is 0 Å². The van der Waals surface area contributed by atoms with Gasteiger partial charge in [-0.25, -0.2) is 4.39 Å². The van der Waals surface area contributed by atoms with Gasteiger partial charge < -0.3 is 11.1 Å². The lowest BCUT2D eigenvalue weighted by atomic mass is 10.1. The fraction of sp³-hybridized carbons (Fsp3) is 0.0500. The van der Waals surface area contributed by atoms with E-state index < -0.39 is 5.91 Å². The van der Waals surface area contributed by atoms with Crippen molar-refractivity contribution >= 4 is 34.8 Å². The van der Waals surface area contributed by atoms with Crippen LogP contribution in [-0.2, 0) is 11.3 Å². The number of primary amides is 1. The minimum absolute atomic E-state index is 0.167. The molecule has 3 N–H and O–H groups in total. The van der Waals surface area contributed by atoms with Crippen molar-refractivity contribution in [1.29, 1.82) is 0 Å². The van der Waals surface area contributed by atoms with Crippen molar-refractivity contribution in [2.45, 2.75) is 6.54 Å². The number of amides is 2. The lowest BCUT2D eigenvalue weighted by Crippen LogP contribution is -2.23. The molecule has 1 aromatic carbocycles. The summed E-state index contributed by atoms with van der Waals surface area (Å²) in [6.07, 6.45) is 3.21. The molecule has 0 aliphatic rings. The third-order valence-corrected chi connectivity index (χ3v) is 4.65. The monoisotopic (exact) mass is 381 g/mol. The predicted octanol–water partition coefficient (Wildman–Crippen LogP) is 3.24. The Bertz CT molecular complexity index is 965. The topological polar surface area (TPSA) is 85.1 Å². The molecular weight excluding hydrogens is 365 g/mol. The second-order valence-corrected chi connectivity index (χ2v) is 6.63. The quantitative estimate of drug-likeness (QED) is 0.643. The molecule has 0 radical (unpaired) electrons. The van der Waals surface area contributed by atoms with E-state index in [0.29, 0.717) is 5.57 Å². The molecule has 0 aliphatic heterocycles. The molecule has 0 unspecified atom stereocenters. The van der Waals surface area contributed by atoms with Crippen LogP contribution in [0.3, 0.4) is 0 Å². The van der Waals surface area contributed by atoms with E-state index in [1.165, 1.54) is 35.7 Å². The van der Waals surface area contributed by atoms with Crippen LogP contribution in [0.15, 0.2) is 60.1 Å². The summed E-state index contributed by atoms with van der Waals surface area (Å²) in [6.45, 7) is 0.247. The zero-order valence-electron chi connectivity index (χ0n) is 14.2. The molecule has 5 nitrogen and oxygen atoms in total. The number of aromatic nitrogens is 1. The summed E-state index contributed by atoms with van der Waals surface area (Å²) in [4.78, 5) is 28.5. The minimum atomic E-state index is -0.604. The summed E-state index contributed by atoms with van der Waals surface area (Å²) in [5, 5.41) is 4.72. The summed E-state index contributed by atoms with van der Waals surface area (Å²) < 4.78 is 13.1. The van der Waals surface area contributed by atoms with Crippen LogP contribution in [-0.4, -0.2) is 16.8 Å². The van der Waals surface area contributed by atoms with Crippen molar-refractivity contribution in [3.8, 4) is 0 Å². The Kier molecular flexibility index (Phi) is 5.73. The number of halogens is 1. The van der Waals surface area contributed by atoms with E-state index in [1.807, 2.05) is 17.5 Å². The fourth-order valence-electron chi connectivity index (χ4n) is 2.36. The predicted molar refractivity (Wildman–Crippen MR) is 103 cm³/mol. The number of carbonyl (C=O) groups excluding carboxylic acids is 2. The van der Waals surface area contributed by atoms with Gasteiger partial charge in [-0.3, -0.25) is 14.6 Å². The Balaban J connectivity index is 1.77. The minimum Gasteiger partial charge on any atom is -0.364 e. The highest BCUT2D eigenvalue weighted by atomic mass is 32.1. The van der Waals surface area contributed by atoms with E-state index in [2.05, 4.69) is 10.3 Å². The second kappa shape index (κ2) is 8.37. The van der Waals surface area contributed by atoms with Gasteiger partial charge in [0.05, 0.1) is 5.57 Å². The van der Waals surface area contributed by atoms with Crippen molar-refractivity contribution < 1.29 is 14.0 Å². The zero-order valence-corrected chi connectivity index (χ0v) is 15.0. The molecule has 2 amide bonds. The molecule has 2 heterocycles. The van der Waals surface area contributed by atoms with Gasteiger partial charge in [-0.15, -0.1) is 11.3 Å². The number of hydrogen-bond donors (Lipinski definition) is 2. The lowest BCUT2D eigenvalue weighted by molar-refractivity contribution is -0.115. The highest BCUT2D eigenvalue weighted by molar-refractivity contribution is 7.11. The number of rotatable bonds is 6. The van der Waals surface area contributed by atoms with Crippen molar-refractivity contribution in [3.05, 3.63) is 87.6 Å². The van der Waals surface area contributed by atoms with Gasteiger partial charge in [-0.2, -0.15) is 0 Å². The van der Waals surface area contributed by atoms with E-state index >= 15 is 0 Å². The lowest BCUT2D eigenvalue weighted by Gasteiger charge is -2.08. The Labute approximate surface area is 159 Å². The van der Waals surface area contributed by atoms with Crippen LogP contribution >= 0.6 is 11.3 Å². The third kappa shape index (κ3) is 4.86. The highest BCUT2D eigenvalue weighted by Gasteiger charge is 2.13. The Morgan fingerprint density at radius 3 is 2.52 bits per heavy atom. The first-order valence-electron chi connectivity index (χ1n) is 8.07. The molecule has 0 atom stereocenters. The Morgan fingerprint density at radius 2 is 1.93 bits per heavy atom. The van der Waals surface area contributed by atoms with Crippen LogP contribution in [0.25, 0.3) is 11.6 Å². The molecule has 0 spiro atoms. The van der Waals surface area contributed by atoms with Gasteiger partial charge in [-0.1, -0.05) is 24.3 Å². The molecule has 0 saturated carbocycles. The number of nitrogens with two attached hydrogens (primary N) is 1. The smallest absolute Gasteiger partial charge is 0.267 e. The number of nitrogens with one attached hydrogen (secondary N) is 1. The molecule has 136 valence electrons. The number of benzene rings is 1. The summed E-state index contributed by atoms with van der Waals surface area (Å²) >= 11 is 1.44. The Morgan fingerprint density at radius 1 is 1.15 bits per heavy atom. The zero-order chi connectivity index (χ0) is 19.2. The molecule has 0 saturated heterocycles. The first-order chi connectivity index (χ1) is 13.0. The summed E-state index contributed by atoms with van der Waals surface area (Å²) in [6, 6.07) is 12.8. The normalized spacial score (nSPS) is 11.2. The average molecular weight is 381 g/mol. The van der Waals surface area contributed by atoms with Crippen molar-refractivity contribution in [1.82, 2.24) is 10.3 Å². The van der Waals surface area contributed by atoms with Gasteiger partial charge in [0.25, 0.3) is 11.8 Å². The maximum absolute atomic E-state index is 13.1. The third-order valence-electron chi connectivity index (χ3n) is 3.74. The SMILES string of the molecule is NC(=O)c1ccc(CNC(=O)/C(=C/c2ccc(F)cc2)c2cccs2)cn1. The first-order valence-corrected chi connectivity index (χ1v) is 8.95. The van der Waals surface area contributed by atoms with E-state index in [9.17, 15) is 14.0 Å². The first kappa shape index (κ1) is 18.5. The number of nitrogens with zero attached hydrogens (tertiary/aromatic N) is 1. The van der Waals surface area contributed by atoms with Crippen molar-refractivity contribution in [3.63, 3.8) is 0 Å². The molecule has 0 aliphatic carbocycles. The van der Waals surface area contributed by atoms with E-state index in [-0.39, 0.29) is 24.0 Å². The maximum atomic E-state index is 13.1. The number of carbonyl (C=O) groups is 2. The highest BCUT2D eigenvalue weighted by Crippen LogP contribution is 2.23. The number of hydrogen-bond acceptors (Lipinski definition) is 4. The molecule has 7 heteroatoms. The molecule has 0 fully saturated rings. The number of pyridine rings is 1. The average Bonchev–Trinajstić information content (AvgIpc) is 3.20. The van der Waals surface area contributed by atoms with Crippen molar-refractivity contribution in [2.24, 2.45) is 5.73 Å². The standard InChI is InChI=1S/C20H16FN3O2S/c21-15-6-3-13(4-7-15)10-16(18-2-1-9-27-18)20(26)24-12-14-5-8-17(19(22)25)23-11-14/h1-11H,12H2,(H2,22,25)(H,24,26)/b16-10+. The van der Waals surface area contributed by atoms with Gasteiger partial charge in [0.2, 0.25) is 0 Å². The summed E-state index contributed by atoms with van der Waals surface area (Å²) in [5.41, 5.74) is 7.27. The molecule has 27 heavy (non-hydrogen) atoms. The van der Waals surface area contributed by atoms with Gasteiger partial charge in [-0.05, 0) is 46.8 Å². The fourth-order valence-corrected chi connectivity index (χ4v) is 3.10. The maximum Gasteiger partial charge on any atom is 0.267 e. The molecule has 3 rings (SSSR count). The second-order valence-electron chi connectivity index (χ2n) is 5.69. The van der Waals surface area contributed by atoms with Gasteiger partial charge in [0, 0.05) is 17.6 Å². The van der Waals surface area contributed by atoms with E-state index in [4.69, 9.17) is 5.73 Å². The van der Waals surface area contributed by atoms with Crippen LogP contribution in [0.2, 0.25) is 0 Å². The van der Waals surface area contributed by atoms with E-state index in [1.54, 1.807) is 24.3 Å². The molecule has 2 aromatic heterocycles. The van der Waals surface area contributed by atoms with Crippen molar-refractivity contribution in [2.75, 3.05) is 0 Å². The molecule has 3 aromatic rings. The molecule has 0 bridgehead atoms. The summed E-state index contributed by atoms with van der Waals surface area (Å²) in [5.74, 6) is -1.20. The van der Waals surface area contributed by atoms with Crippen LogP contribution in [0, 0.1) is 5.82 Å². The largest absolute Gasteiger partial charge is 0.364 e. The Hall–Kier alpha value is -3.32. The van der Waals surface area contributed by atoms with Crippen LogP contribution in [0.4, 0.5) is 4.39 Å². The van der Waals surface area contributed by atoms with E-state index in [0.717, 1.165) is 16.0 Å². The summed E-state index contributed by atoms with van der Waals surface area (Å²) in [7, 11) is 0.